The fraction of sp³-hybridized carbons (Fsp3) is 0. The summed E-state index contributed by atoms with van der Waals surface area (Å²) in [6.07, 6.45) is 3.56. The molecule has 0 atom stereocenters. The van der Waals surface area contributed by atoms with E-state index in [1.807, 2.05) is 60.7 Å². The molecule has 0 unspecified atom stereocenters. The van der Waals surface area contributed by atoms with Crippen LogP contribution in [0.25, 0.3) is 44.6 Å². The number of nitrogens with zero attached hydrogens (tertiary/aromatic N) is 5. The summed E-state index contributed by atoms with van der Waals surface area (Å²) in [7, 11) is 0. The molecule has 0 N–H and O–H groups in total. The lowest BCUT2D eigenvalue weighted by atomic mass is 10.1. The average Bonchev–Trinajstić information content (AvgIpc) is 2.72. The zero-order valence-corrected chi connectivity index (χ0v) is 15.6. The van der Waals surface area contributed by atoms with Gasteiger partial charge >= 0.3 is 0 Å². The van der Waals surface area contributed by atoms with Gasteiger partial charge in [0.1, 0.15) is 0 Å². The van der Waals surface area contributed by atoms with Crippen molar-refractivity contribution in [2.45, 2.75) is 0 Å². The van der Waals surface area contributed by atoms with Crippen molar-refractivity contribution >= 4 is 37.7 Å². The fourth-order valence-corrected chi connectivity index (χ4v) is 3.52. The minimum absolute atomic E-state index is 0.490. The second-order valence-electron chi connectivity index (χ2n) is 6.00. The average molecular weight is 414 g/mol. The van der Waals surface area contributed by atoms with Crippen LogP contribution in [0.4, 0.5) is 0 Å². The van der Waals surface area contributed by atoms with Crippen molar-refractivity contribution in [1.29, 1.82) is 0 Å². The van der Waals surface area contributed by atoms with Gasteiger partial charge in [0.15, 0.2) is 11.6 Å². The molecule has 3 heterocycles. The summed E-state index contributed by atoms with van der Waals surface area (Å²) in [5, 5.41) is 2.01. The van der Waals surface area contributed by atoms with Crippen LogP contribution >= 0.6 is 15.9 Å². The highest BCUT2D eigenvalue weighted by molar-refractivity contribution is 9.10. The van der Waals surface area contributed by atoms with Crippen LogP contribution in [0.1, 0.15) is 0 Å². The summed E-state index contributed by atoms with van der Waals surface area (Å²) < 4.78 is 0.490. The number of halogens is 1. The molecule has 6 heteroatoms. The van der Waals surface area contributed by atoms with Crippen LogP contribution in [0.15, 0.2) is 77.8 Å². The number of rotatable bonds is 2. The van der Waals surface area contributed by atoms with Crippen molar-refractivity contribution < 1.29 is 0 Å². The molecule has 27 heavy (non-hydrogen) atoms. The molecule has 0 saturated carbocycles. The number of fused-ring (bicyclic) bond motifs is 2. The van der Waals surface area contributed by atoms with Crippen molar-refractivity contribution in [3.63, 3.8) is 0 Å². The van der Waals surface area contributed by atoms with Gasteiger partial charge in [0.2, 0.25) is 4.73 Å². The normalized spacial score (nSPS) is 11.1. The Bertz CT molecular complexity index is 1190. The molecule has 2 aromatic carbocycles. The molecular formula is C21H12BrN5. The summed E-state index contributed by atoms with van der Waals surface area (Å²) in [5.74, 6) is 1.21. The molecule has 0 bridgehead atoms. The van der Waals surface area contributed by atoms with E-state index in [2.05, 4.69) is 35.9 Å². The molecule has 0 radical (unpaired) electrons. The summed E-state index contributed by atoms with van der Waals surface area (Å²) in [5.41, 5.74) is 3.65. The van der Waals surface area contributed by atoms with Crippen LogP contribution in [0.5, 0.6) is 0 Å². The second-order valence-corrected chi connectivity index (χ2v) is 6.71. The van der Waals surface area contributed by atoms with Crippen LogP contribution in [-0.4, -0.2) is 24.9 Å². The van der Waals surface area contributed by atoms with E-state index in [9.17, 15) is 0 Å². The number of benzene rings is 2. The van der Waals surface area contributed by atoms with Gasteiger partial charge in [0, 0.05) is 34.3 Å². The van der Waals surface area contributed by atoms with Gasteiger partial charge in [-0.3, -0.25) is 9.97 Å². The van der Waals surface area contributed by atoms with E-state index >= 15 is 0 Å². The van der Waals surface area contributed by atoms with E-state index in [1.165, 1.54) is 0 Å². The van der Waals surface area contributed by atoms with Crippen LogP contribution in [-0.2, 0) is 0 Å². The van der Waals surface area contributed by atoms with Crippen LogP contribution < -0.4 is 0 Å². The Kier molecular flexibility index (Phi) is 3.83. The Morgan fingerprint density at radius 3 is 1.59 bits per heavy atom. The first kappa shape index (κ1) is 16.0. The third-order valence-electron chi connectivity index (χ3n) is 4.38. The first-order chi connectivity index (χ1) is 13.3. The van der Waals surface area contributed by atoms with E-state index < -0.39 is 0 Å². The Balaban J connectivity index is 1.76. The summed E-state index contributed by atoms with van der Waals surface area (Å²) in [6, 6.07) is 19.8. The van der Waals surface area contributed by atoms with Crippen molar-refractivity contribution in [3.05, 3.63) is 77.8 Å². The summed E-state index contributed by atoms with van der Waals surface area (Å²) >= 11 is 3.44. The van der Waals surface area contributed by atoms with Gasteiger partial charge in [-0.2, -0.15) is 0 Å². The molecule has 0 aliphatic carbocycles. The molecule has 5 rings (SSSR count). The Hall–Kier alpha value is -3.25. The van der Waals surface area contributed by atoms with Crippen molar-refractivity contribution in [3.8, 4) is 22.8 Å². The third kappa shape index (κ3) is 2.84. The predicted octanol–water partition coefficient (Wildman–Crippen LogP) is 5.06. The maximum Gasteiger partial charge on any atom is 0.200 e. The monoisotopic (exact) mass is 413 g/mol. The fourth-order valence-electron chi connectivity index (χ4n) is 3.19. The quantitative estimate of drug-likeness (QED) is 0.404. The molecule has 0 aliphatic rings. The molecule has 128 valence electrons. The highest BCUT2D eigenvalue weighted by Gasteiger charge is 2.13. The molecule has 0 spiro atoms. The highest BCUT2D eigenvalue weighted by Crippen LogP contribution is 2.30. The first-order valence-electron chi connectivity index (χ1n) is 8.39. The lowest BCUT2D eigenvalue weighted by Crippen LogP contribution is -1.98. The summed E-state index contributed by atoms with van der Waals surface area (Å²) in [4.78, 5) is 22.6. The van der Waals surface area contributed by atoms with Crippen LogP contribution in [0, 0.1) is 0 Å². The molecule has 5 aromatic rings. The summed E-state index contributed by atoms with van der Waals surface area (Å²) in [6.45, 7) is 0. The number of hydrogen-bond acceptors (Lipinski definition) is 5. The minimum atomic E-state index is 0.490. The van der Waals surface area contributed by atoms with Gasteiger partial charge in [-0.15, -0.1) is 0 Å². The van der Waals surface area contributed by atoms with E-state index in [-0.39, 0.29) is 0 Å². The molecule has 0 amide bonds. The van der Waals surface area contributed by atoms with Crippen LogP contribution in [0.3, 0.4) is 0 Å². The second kappa shape index (κ2) is 6.48. The van der Waals surface area contributed by atoms with E-state index in [0.717, 1.165) is 32.9 Å². The lowest BCUT2D eigenvalue weighted by molar-refractivity contribution is 1.03. The SMILES string of the molecule is Brc1nc(-c2cccc3ncccc23)nc(-c2cccc3ncccc23)n1. The zero-order chi connectivity index (χ0) is 18.2. The molecular weight excluding hydrogens is 402 g/mol. The predicted molar refractivity (Wildman–Crippen MR) is 109 cm³/mol. The van der Waals surface area contributed by atoms with Gasteiger partial charge in [-0.25, -0.2) is 15.0 Å². The molecule has 3 aromatic heterocycles. The minimum Gasteiger partial charge on any atom is -0.256 e. The topological polar surface area (TPSA) is 64.5 Å². The smallest absolute Gasteiger partial charge is 0.200 e. The van der Waals surface area contributed by atoms with Crippen molar-refractivity contribution in [2.75, 3.05) is 0 Å². The van der Waals surface area contributed by atoms with Gasteiger partial charge < -0.3 is 0 Å². The number of hydrogen-bond donors (Lipinski definition) is 0. The number of pyridine rings is 2. The largest absolute Gasteiger partial charge is 0.256 e. The first-order valence-corrected chi connectivity index (χ1v) is 9.19. The van der Waals surface area contributed by atoms with Crippen molar-refractivity contribution in [1.82, 2.24) is 24.9 Å². The van der Waals surface area contributed by atoms with Gasteiger partial charge in [0.05, 0.1) is 11.0 Å². The molecule has 0 fully saturated rings. The Morgan fingerprint density at radius 1 is 0.556 bits per heavy atom. The lowest BCUT2D eigenvalue weighted by Gasteiger charge is -2.09. The van der Waals surface area contributed by atoms with Gasteiger partial charge in [-0.1, -0.05) is 36.4 Å². The van der Waals surface area contributed by atoms with E-state index in [1.54, 1.807) is 12.4 Å². The molecule has 5 nitrogen and oxygen atoms in total. The molecule has 0 saturated heterocycles. The Morgan fingerprint density at radius 2 is 1.07 bits per heavy atom. The maximum absolute atomic E-state index is 4.77. The van der Waals surface area contributed by atoms with Crippen LogP contribution in [0.2, 0.25) is 0 Å². The van der Waals surface area contributed by atoms with E-state index in [0.29, 0.717) is 16.4 Å². The van der Waals surface area contributed by atoms with Gasteiger partial charge in [0.25, 0.3) is 0 Å². The van der Waals surface area contributed by atoms with Crippen molar-refractivity contribution in [2.24, 2.45) is 0 Å². The van der Waals surface area contributed by atoms with E-state index in [4.69, 9.17) is 4.98 Å². The standard InChI is InChI=1S/C21H12BrN5/c22-21-26-19(15-5-1-9-17-13(15)7-3-11-23-17)25-20(27-21)16-6-2-10-18-14(16)8-4-12-24-18/h1-12H. The van der Waals surface area contributed by atoms with Gasteiger partial charge in [-0.05, 0) is 40.2 Å². The maximum atomic E-state index is 4.77. The molecule has 0 aliphatic heterocycles. The Labute approximate surface area is 163 Å². The zero-order valence-electron chi connectivity index (χ0n) is 14.0. The highest BCUT2D eigenvalue weighted by atomic mass is 79.9. The number of aromatic nitrogens is 5. The third-order valence-corrected chi connectivity index (χ3v) is 4.74.